The van der Waals surface area contributed by atoms with Crippen LogP contribution in [0.3, 0.4) is 0 Å². The number of aromatic nitrogens is 1. The van der Waals surface area contributed by atoms with E-state index in [4.69, 9.17) is 10.3 Å². The highest BCUT2D eigenvalue weighted by Gasteiger charge is 2.23. The number of nitrogens with two attached hydrogens (primary N) is 1. The summed E-state index contributed by atoms with van der Waals surface area (Å²) in [6.07, 6.45) is 0.0200. The summed E-state index contributed by atoms with van der Waals surface area (Å²) in [5.74, 6) is -0.290. The topological polar surface area (TPSA) is 98.2 Å². The molecule has 2 aromatic carbocycles. The quantitative estimate of drug-likeness (QED) is 0.477. The van der Waals surface area contributed by atoms with Crippen LogP contribution in [0.1, 0.15) is 20.9 Å². The lowest BCUT2D eigenvalue weighted by Crippen LogP contribution is -2.18. The van der Waals surface area contributed by atoms with E-state index >= 15 is 0 Å². The highest BCUT2D eigenvalue weighted by molar-refractivity contribution is 7.17. The predicted molar refractivity (Wildman–Crippen MR) is 117 cm³/mol. The first-order valence-corrected chi connectivity index (χ1v) is 10.1. The molecule has 150 valence electrons. The molecule has 2 heterocycles. The smallest absolute Gasteiger partial charge is 0.252 e. The summed E-state index contributed by atoms with van der Waals surface area (Å²) in [5.41, 5.74) is 8.99. The molecule has 0 saturated carbocycles. The number of rotatable bonds is 6. The number of amides is 2. The first-order valence-electron chi connectivity index (χ1n) is 9.32. The van der Waals surface area contributed by atoms with Crippen LogP contribution in [0.4, 0.5) is 5.00 Å². The molecule has 0 saturated heterocycles. The zero-order chi connectivity index (χ0) is 21.1. The third-order valence-corrected chi connectivity index (χ3v) is 5.63. The maximum Gasteiger partial charge on any atom is 0.252 e. The van der Waals surface area contributed by atoms with Gasteiger partial charge in [0.2, 0.25) is 5.91 Å². The zero-order valence-corrected chi connectivity index (χ0v) is 17.0. The van der Waals surface area contributed by atoms with Crippen molar-refractivity contribution in [3.63, 3.8) is 0 Å². The Balaban J connectivity index is 1.55. The van der Waals surface area contributed by atoms with E-state index in [0.29, 0.717) is 22.0 Å². The van der Waals surface area contributed by atoms with Gasteiger partial charge in [-0.05, 0) is 12.5 Å². The van der Waals surface area contributed by atoms with Crippen LogP contribution in [0.25, 0.3) is 22.5 Å². The second-order valence-corrected chi connectivity index (χ2v) is 7.97. The van der Waals surface area contributed by atoms with E-state index in [9.17, 15) is 9.59 Å². The molecule has 2 aromatic heterocycles. The second kappa shape index (κ2) is 8.34. The third-order valence-electron chi connectivity index (χ3n) is 4.61. The van der Waals surface area contributed by atoms with E-state index < -0.39 is 5.91 Å². The van der Waals surface area contributed by atoms with Gasteiger partial charge in [-0.1, -0.05) is 65.8 Å². The fourth-order valence-corrected chi connectivity index (χ4v) is 4.39. The Morgan fingerprint density at radius 1 is 1.03 bits per heavy atom. The van der Waals surface area contributed by atoms with Gasteiger partial charge in [-0.25, -0.2) is 0 Å². The van der Waals surface area contributed by atoms with Gasteiger partial charge >= 0.3 is 0 Å². The number of nitrogens with zero attached hydrogens (tertiary/aromatic N) is 1. The molecule has 0 aliphatic rings. The highest BCUT2D eigenvalue weighted by Crippen LogP contribution is 2.39. The van der Waals surface area contributed by atoms with E-state index in [1.165, 1.54) is 11.3 Å². The molecule has 0 radical (unpaired) electrons. The molecule has 4 rings (SSSR count). The molecule has 0 aliphatic heterocycles. The second-order valence-electron chi connectivity index (χ2n) is 6.74. The Labute approximate surface area is 177 Å². The number of hydrogen-bond acceptors (Lipinski definition) is 5. The number of nitrogens with one attached hydrogen (secondary N) is 1. The van der Waals surface area contributed by atoms with Crippen molar-refractivity contribution in [2.45, 2.75) is 13.3 Å². The molecular formula is C23H19N3O3S. The number of aryl methyl sites for hydroxylation is 1. The van der Waals surface area contributed by atoms with Gasteiger partial charge in [0.1, 0.15) is 5.00 Å². The normalized spacial score (nSPS) is 10.7. The Hall–Kier alpha value is -3.71. The van der Waals surface area contributed by atoms with Crippen LogP contribution in [-0.4, -0.2) is 17.0 Å². The summed E-state index contributed by atoms with van der Waals surface area (Å²) in [6.45, 7) is 1.90. The maximum absolute atomic E-state index is 12.6. The van der Waals surface area contributed by atoms with Crippen LogP contribution in [0.5, 0.6) is 0 Å². The average molecular weight is 417 g/mol. The standard InChI is InChI=1S/C23H19N3O3S/c1-14-20(16-10-6-3-7-11-16)21(22(24)28)23(30-14)25-19(27)13-17-12-18(29-26-17)15-8-4-2-5-9-15/h2-12H,13H2,1H3,(H2,24,28)(H,25,27). The van der Waals surface area contributed by atoms with Crippen molar-refractivity contribution < 1.29 is 14.1 Å². The van der Waals surface area contributed by atoms with Gasteiger partial charge in [-0.15, -0.1) is 11.3 Å². The molecule has 0 fully saturated rings. The van der Waals surface area contributed by atoms with Crippen molar-refractivity contribution in [3.8, 4) is 22.5 Å². The van der Waals surface area contributed by atoms with Gasteiger partial charge < -0.3 is 15.6 Å². The lowest BCUT2D eigenvalue weighted by atomic mass is 10.0. The van der Waals surface area contributed by atoms with E-state index in [2.05, 4.69) is 10.5 Å². The van der Waals surface area contributed by atoms with Gasteiger partial charge in [-0.3, -0.25) is 9.59 Å². The minimum atomic E-state index is -0.582. The van der Waals surface area contributed by atoms with Crippen LogP contribution in [0.2, 0.25) is 0 Å². The molecule has 0 atom stereocenters. The summed E-state index contributed by atoms with van der Waals surface area (Å²) in [7, 11) is 0. The molecule has 0 spiro atoms. The van der Waals surface area contributed by atoms with Crippen LogP contribution in [0.15, 0.2) is 71.3 Å². The minimum absolute atomic E-state index is 0.0200. The Bertz CT molecular complexity index is 1200. The van der Waals surface area contributed by atoms with Crippen LogP contribution in [-0.2, 0) is 11.2 Å². The molecule has 30 heavy (non-hydrogen) atoms. The van der Waals surface area contributed by atoms with Gasteiger partial charge in [0.25, 0.3) is 5.91 Å². The van der Waals surface area contributed by atoms with E-state index in [-0.39, 0.29) is 12.3 Å². The zero-order valence-electron chi connectivity index (χ0n) is 16.2. The van der Waals surface area contributed by atoms with Crippen molar-refractivity contribution in [1.82, 2.24) is 5.16 Å². The monoisotopic (exact) mass is 417 g/mol. The summed E-state index contributed by atoms with van der Waals surface area (Å²) < 4.78 is 5.34. The molecule has 6 nitrogen and oxygen atoms in total. The van der Waals surface area contributed by atoms with Crippen LogP contribution in [0, 0.1) is 6.92 Å². The number of anilines is 1. The molecule has 0 aliphatic carbocycles. The largest absolute Gasteiger partial charge is 0.365 e. The fourth-order valence-electron chi connectivity index (χ4n) is 3.29. The van der Waals surface area contributed by atoms with Crippen molar-refractivity contribution >= 4 is 28.2 Å². The average Bonchev–Trinajstić information content (AvgIpc) is 3.33. The lowest BCUT2D eigenvalue weighted by Gasteiger charge is -2.06. The number of thiophene rings is 1. The summed E-state index contributed by atoms with van der Waals surface area (Å²) in [5, 5.41) is 7.24. The third kappa shape index (κ3) is 4.01. The van der Waals surface area contributed by atoms with Gasteiger partial charge in [-0.2, -0.15) is 0 Å². The van der Waals surface area contributed by atoms with Gasteiger partial charge in [0, 0.05) is 22.1 Å². The Morgan fingerprint density at radius 3 is 2.30 bits per heavy atom. The molecule has 0 unspecified atom stereocenters. The van der Waals surface area contributed by atoms with E-state index in [1.807, 2.05) is 67.6 Å². The minimum Gasteiger partial charge on any atom is -0.365 e. The van der Waals surface area contributed by atoms with Crippen molar-refractivity contribution in [2.75, 3.05) is 5.32 Å². The molecule has 2 amide bonds. The number of carbonyl (C=O) groups is 2. The molecular weight excluding hydrogens is 398 g/mol. The van der Waals surface area contributed by atoms with Crippen molar-refractivity contribution in [1.29, 1.82) is 0 Å². The van der Waals surface area contributed by atoms with E-state index in [1.54, 1.807) is 6.07 Å². The Morgan fingerprint density at radius 2 is 1.67 bits per heavy atom. The van der Waals surface area contributed by atoms with Crippen molar-refractivity contribution in [2.24, 2.45) is 5.73 Å². The first kappa shape index (κ1) is 19.6. The summed E-state index contributed by atoms with van der Waals surface area (Å²) >= 11 is 1.33. The Kier molecular flexibility index (Phi) is 5.45. The van der Waals surface area contributed by atoms with Gasteiger partial charge in [0.15, 0.2) is 5.76 Å². The van der Waals surface area contributed by atoms with Crippen molar-refractivity contribution in [3.05, 3.63) is 82.9 Å². The van der Waals surface area contributed by atoms with E-state index in [0.717, 1.165) is 21.6 Å². The lowest BCUT2D eigenvalue weighted by molar-refractivity contribution is -0.115. The number of hydrogen-bond donors (Lipinski definition) is 2. The van der Waals surface area contributed by atoms with Crippen LogP contribution < -0.4 is 11.1 Å². The highest BCUT2D eigenvalue weighted by atomic mass is 32.1. The maximum atomic E-state index is 12.6. The van der Waals surface area contributed by atoms with Crippen LogP contribution >= 0.6 is 11.3 Å². The fraction of sp³-hybridized carbons (Fsp3) is 0.0870. The first-order chi connectivity index (χ1) is 14.5. The number of primary amides is 1. The molecule has 0 bridgehead atoms. The summed E-state index contributed by atoms with van der Waals surface area (Å²) in [4.78, 5) is 25.7. The molecule has 3 N–H and O–H groups in total. The molecule has 4 aromatic rings. The van der Waals surface area contributed by atoms with Gasteiger partial charge in [0.05, 0.1) is 17.7 Å². The number of carbonyl (C=O) groups excluding carboxylic acids is 2. The predicted octanol–water partition coefficient (Wildman–Crippen LogP) is 4.66. The number of benzene rings is 2. The summed E-state index contributed by atoms with van der Waals surface area (Å²) in [6, 6.07) is 20.8. The molecule has 7 heteroatoms. The SMILES string of the molecule is Cc1sc(NC(=O)Cc2cc(-c3ccccc3)on2)c(C(N)=O)c1-c1ccccc1.